The molecule has 88 valence electrons. The fourth-order valence-corrected chi connectivity index (χ4v) is 2.06. The molecule has 0 amide bonds. The van der Waals surface area contributed by atoms with E-state index in [1.807, 2.05) is 0 Å². The zero-order valence-corrected chi connectivity index (χ0v) is 10.5. The van der Waals surface area contributed by atoms with Gasteiger partial charge in [-0.05, 0) is 30.4 Å². The minimum absolute atomic E-state index is 0.567. The largest absolute Gasteiger partial charge is 0.384 e. The molecule has 2 N–H and O–H groups in total. The SMILES string of the molecule is CC(C)C(C)NCc1cccc2c1NCC2. The summed E-state index contributed by atoms with van der Waals surface area (Å²) >= 11 is 0. The smallest absolute Gasteiger partial charge is 0.0419 e. The van der Waals surface area contributed by atoms with Crippen molar-refractivity contribution in [3.05, 3.63) is 29.3 Å². The summed E-state index contributed by atoms with van der Waals surface area (Å²) in [6.07, 6.45) is 1.17. The third-order valence-corrected chi connectivity index (χ3v) is 3.55. The summed E-state index contributed by atoms with van der Waals surface area (Å²) in [6, 6.07) is 7.18. The second-order valence-corrected chi connectivity index (χ2v) is 5.04. The highest BCUT2D eigenvalue weighted by molar-refractivity contribution is 5.61. The van der Waals surface area contributed by atoms with Crippen LogP contribution in [0.5, 0.6) is 0 Å². The van der Waals surface area contributed by atoms with E-state index in [0.29, 0.717) is 12.0 Å². The van der Waals surface area contributed by atoms with Crippen molar-refractivity contribution >= 4 is 5.69 Å². The summed E-state index contributed by atoms with van der Waals surface area (Å²) in [4.78, 5) is 0. The second kappa shape index (κ2) is 4.88. The van der Waals surface area contributed by atoms with E-state index in [0.717, 1.165) is 13.1 Å². The van der Waals surface area contributed by atoms with E-state index in [4.69, 9.17) is 0 Å². The van der Waals surface area contributed by atoms with Crippen molar-refractivity contribution in [2.75, 3.05) is 11.9 Å². The summed E-state index contributed by atoms with van der Waals surface area (Å²) in [7, 11) is 0. The Labute approximate surface area is 98.4 Å². The van der Waals surface area contributed by atoms with E-state index in [1.165, 1.54) is 23.2 Å². The van der Waals surface area contributed by atoms with Crippen LogP contribution >= 0.6 is 0 Å². The topological polar surface area (TPSA) is 24.1 Å². The molecule has 1 heterocycles. The average molecular weight is 218 g/mol. The average Bonchev–Trinajstić information content (AvgIpc) is 2.73. The number of hydrogen-bond acceptors (Lipinski definition) is 2. The molecule has 1 aliphatic rings. The summed E-state index contributed by atoms with van der Waals surface area (Å²) in [5.41, 5.74) is 4.24. The molecule has 1 atom stereocenters. The Morgan fingerprint density at radius 3 is 2.88 bits per heavy atom. The number of rotatable bonds is 4. The van der Waals surface area contributed by atoms with Crippen molar-refractivity contribution in [1.82, 2.24) is 5.32 Å². The maximum Gasteiger partial charge on any atom is 0.0419 e. The third kappa shape index (κ3) is 2.38. The maximum absolute atomic E-state index is 3.59. The van der Waals surface area contributed by atoms with Crippen LogP contribution in [0.15, 0.2) is 18.2 Å². The van der Waals surface area contributed by atoms with Gasteiger partial charge in [-0.2, -0.15) is 0 Å². The summed E-state index contributed by atoms with van der Waals surface area (Å²) in [6.45, 7) is 8.82. The summed E-state index contributed by atoms with van der Waals surface area (Å²) < 4.78 is 0. The highest BCUT2D eigenvalue weighted by Gasteiger charge is 2.14. The first-order valence-electron chi connectivity index (χ1n) is 6.26. The molecule has 0 bridgehead atoms. The lowest BCUT2D eigenvalue weighted by Crippen LogP contribution is -2.30. The molecule has 0 radical (unpaired) electrons. The molecule has 1 aliphatic heterocycles. The fraction of sp³-hybridized carbons (Fsp3) is 0.571. The van der Waals surface area contributed by atoms with Crippen LogP contribution in [0.3, 0.4) is 0 Å². The minimum Gasteiger partial charge on any atom is -0.384 e. The van der Waals surface area contributed by atoms with Gasteiger partial charge >= 0.3 is 0 Å². The molecule has 1 unspecified atom stereocenters. The van der Waals surface area contributed by atoms with E-state index in [2.05, 4.69) is 49.6 Å². The van der Waals surface area contributed by atoms with Crippen molar-refractivity contribution in [2.45, 2.75) is 39.8 Å². The molecule has 2 heteroatoms. The lowest BCUT2D eigenvalue weighted by molar-refractivity contribution is 0.426. The van der Waals surface area contributed by atoms with Crippen LogP contribution in [0.25, 0.3) is 0 Å². The van der Waals surface area contributed by atoms with Crippen molar-refractivity contribution in [1.29, 1.82) is 0 Å². The van der Waals surface area contributed by atoms with Gasteiger partial charge in [0.2, 0.25) is 0 Å². The Morgan fingerprint density at radius 2 is 2.12 bits per heavy atom. The van der Waals surface area contributed by atoms with Crippen LogP contribution in [0.4, 0.5) is 5.69 Å². The van der Waals surface area contributed by atoms with Gasteiger partial charge in [0.1, 0.15) is 0 Å². The number of nitrogens with one attached hydrogen (secondary N) is 2. The maximum atomic E-state index is 3.59. The van der Waals surface area contributed by atoms with E-state index in [9.17, 15) is 0 Å². The minimum atomic E-state index is 0.567. The molecule has 16 heavy (non-hydrogen) atoms. The van der Waals surface area contributed by atoms with Crippen LogP contribution < -0.4 is 10.6 Å². The standard InChI is InChI=1S/C14H22N2/c1-10(2)11(3)16-9-13-6-4-5-12-7-8-15-14(12)13/h4-6,10-11,15-16H,7-9H2,1-3H3. The third-order valence-electron chi connectivity index (χ3n) is 3.55. The molecule has 0 saturated heterocycles. The Kier molecular flexibility index (Phi) is 3.49. The van der Waals surface area contributed by atoms with Crippen molar-refractivity contribution < 1.29 is 0 Å². The second-order valence-electron chi connectivity index (χ2n) is 5.04. The van der Waals surface area contributed by atoms with Gasteiger partial charge in [-0.25, -0.2) is 0 Å². The van der Waals surface area contributed by atoms with Crippen LogP contribution in [-0.2, 0) is 13.0 Å². The van der Waals surface area contributed by atoms with Crippen LogP contribution in [0, 0.1) is 5.92 Å². The highest BCUT2D eigenvalue weighted by Crippen LogP contribution is 2.26. The number of benzene rings is 1. The first-order valence-corrected chi connectivity index (χ1v) is 6.26. The number of fused-ring (bicyclic) bond motifs is 1. The predicted molar refractivity (Wildman–Crippen MR) is 69.8 cm³/mol. The molecule has 1 aromatic carbocycles. The van der Waals surface area contributed by atoms with Crippen molar-refractivity contribution in [3.63, 3.8) is 0 Å². The quantitative estimate of drug-likeness (QED) is 0.812. The molecule has 0 fully saturated rings. The van der Waals surface area contributed by atoms with Gasteiger partial charge in [-0.15, -0.1) is 0 Å². The molecular formula is C14H22N2. The normalized spacial score (nSPS) is 16.0. The van der Waals surface area contributed by atoms with Crippen LogP contribution in [0.2, 0.25) is 0 Å². The number of para-hydroxylation sites is 1. The van der Waals surface area contributed by atoms with Crippen LogP contribution in [-0.4, -0.2) is 12.6 Å². The number of anilines is 1. The lowest BCUT2D eigenvalue weighted by atomic mass is 10.0. The van der Waals surface area contributed by atoms with Gasteiger partial charge in [-0.1, -0.05) is 32.0 Å². The predicted octanol–water partition coefficient (Wildman–Crippen LogP) is 2.79. The van der Waals surface area contributed by atoms with Crippen molar-refractivity contribution in [2.24, 2.45) is 5.92 Å². The molecule has 2 rings (SSSR count). The van der Waals surface area contributed by atoms with Gasteiger partial charge in [0, 0.05) is 24.8 Å². The zero-order chi connectivity index (χ0) is 11.5. The molecule has 0 saturated carbocycles. The van der Waals surface area contributed by atoms with Gasteiger partial charge in [0.25, 0.3) is 0 Å². The Hall–Kier alpha value is -1.02. The first kappa shape index (κ1) is 11.5. The first-order chi connectivity index (χ1) is 7.68. The van der Waals surface area contributed by atoms with E-state index in [-0.39, 0.29) is 0 Å². The molecule has 2 nitrogen and oxygen atoms in total. The Balaban J connectivity index is 2.03. The lowest BCUT2D eigenvalue weighted by Gasteiger charge is -2.18. The van der Waals surface area contributed by atoms with Crippen molar-refractivity contribution in [3.8, 4) is 0 Å². The van der Waals surface area contributed by atoms with Gasteiger partial charge in [0.15, 0.2) is 0 Å². The molecule has 0 aliphatic carbocycles. The fourth-order valence-electron chi connectivity index (χ4n) is 2.06. The van der Waals surface area contributed by atoms with Crippen LogP contribution in [0.1, 0.15) is 31.9 Å². The van der Waals surface area contributed by atoms with E-state index in [1.54, 1.807) is 0 Å². The van der Waals surface area contributed by atoms with E-state index >= 15 is 0 Å². The Morgan fingerprint density at radius 1 is 1.31 bits per heavy atom. The van der Waals surface area contributed by atoms with Gasteiger partial charge < -0.3 is 10.6 Å². The molecule has 0 aromatic heterocycles. The monoisotopic (exact) mass is 218 g/mol. The highest BCUT2D eigenvalue weighted by atomic mass is 14.9. The van der Waals surface area contributed by atoms with Gasteiger partial charge in [0.05, 0.1) is 0 Å². The molecule has 0 spiro atoms. The summed E-state index contributed by atoms with van der Waals surface area (Å²) in [5.74, 6) is 0.685. The molecule has 1 aromatic rings. The van der Waals surface area contributed by atoms with Gasteiger partial charge in [-0.3, -0.25) is 0 Å². The zero-order valence-electron chi connectivity index (χ0n) is 10.5. The molecular weight excluding hydrogens is 196 g/mol. The van der Waals surface area contributed by atoms with E-state index < -0.39 is 0 Å². The Bertz CT molecular complexity index is 358. The summed E-state index contributed by atoms with van der Waals surface area (Å²) in [5, 5.41) is 7.07. The number of hydrogen-bond donors (Lipinski definition) is 2.